The molecule has 0 aliphatic carbocycles. The summed E-state index contributed by atoms with van der Waals surface area (Å²) in [7, 11) is 0. The number of ether oxygens (including phenoxy) is 2. The molecule has 0 bridgehead atoms. The van der Waals surface area contributed by atoms with Crippen molar-refractivity contribution in [3.05, 3.63) is 76.9 Å². The van der Waals surface area contributed by atoms with E-state index in [1.165, 1.54) is 4.90 Å². The predicted octanol–water partition coefficient (Wildman–Crippen LogP) is 4.66. The summed E-state index contributed by atoms with van der Waals surface area (Å²) in [5.41, 5.74) is 0.254. The van der Waals surface area contributed by atoms with Crippen LogP contribution in [0.15, 0.2) is 65.7 Å². The van der Waals surface area contributed by atoms with Crippen LogP contribution in [0.1, 0.15) is 24.1 Å². The second-order valence-electron chi connectivity index (χ2n) is 9.67. The number of benzene rings is 2. The number of halogens is 4. The van der Waals surface area contributed by atoms with Gasteiger partial charge in [-0.3, -0.25) is 14.5 Å². The highest BCUT2D eigenvalue weighted by Gasteiger charge is 2.35. The van der Waals surface area contributed by atoms with Crippen molar-refractivity contribution in [1.29, 1.82) is 0 Å². The number of guanidine groups is 1. The topological polar surface area (TPSA) is 118 Å². The molecule has 14 heteroatoms. The van der Waals surface area contributed by atoms with Crippen molar-refractivity contribution in [3.8, 4) is 11.6 Å². The number of hydrogen-bond donors (Lipinski definition) is 2. The Morgan fingerprint density at radius 2 is 1.74 bits per heavy atom. The Morgan fingerprint density at radius 3 is 2.38 bits per heavy atom. The lowest BCUT2D eigenvalue weighted by molar-refractivity contribution is -0.141. The Balaban J connectivity index is 1.29. The van der Waals surface area contributed by atoms with E-state index in [1.807, 2.05) is 0 Å². The van der Waals surface area contributed by atoms with Gasteiger partial charge >= 0.3 is 6.18 Å². The minimum atomic E-state index is -4.60. The van der Waals surface area contributed by atoms with Crippen molar-refractivity contribution in [2.24, 2.45) is 10.9 Å². The van der Waals surface area contributed by atoms with Crippen LogP contribution in [0.4, 0.5) is 18.9 Å². The van der Waals surface area contributed by atoms with Gasteiger partial charge in [-0.05, 0) is 60.9 Å². The summed E-state index contributed by atoms with van der Waals surface area (Å²) < 4.78 is 49.0. The molecule has 220 valence electrons. The van der Waals surface area contributed by atoms with Gasteiger partial charge in [0.05, 0.1) is 13.1 Å². The van der Waals surface area contributed by atoms with E-state index in [-0.39, 0.29) is 42.7 Å². The molecule has 10 nitrogen and oxygen atoms in total. The second-order valence-corrected chi connectivity index (χ2v) is 10.1. The van der Waals surface area contributed by atoms with Crippen LogP contribution in [0.2, 0.25) is 5.02 Å². The molecule has 1 fully saturated rings. The van der Waals surface area contributed by atoms with Crippen LogP contribution in [0.25, 0.3) is 0 Å². The van der Waals surface area contributed by atoms with Gasteiger partial charge in [-0.1, -0.05) is 23.7 Å². The Morgan fingerprint density at radius 1 is 1.02 bits per heavy atom. The molecule has 2 aliphatic rings. The zero-order valence-electron chi connectivity index (χ0n) is 22.1. The third-order valence-electron chi connectivity index (χ3n) is 6.67. The van der Waals surface area contributed by atoms with Gasteiger partial charge in [0.25, 0.3) is 5.91 Å². The van der Waals surface area contributed by atoms with Crippen LogP contribution in [-0.4, -0.2) is 58.7 Å². The lowest BCUT2D eigenvalue weighted by Crippen LogP contribution is -2.57. The zero-order valence-corrected chi connectivity index (χ0v) is 22.9. The number of nitrogens with zero attached hydrogens (tertiary/aromatic N) is 4. The predicted molar refractivity (Wildman–Crippen MR) is 147 cm³/mol. The highest BCUT2D eigenvalue weighted by molar-refractivity contribution is 6.30. The van der Waals surface area contributed by atoms with Crippen LogP contribution in [0, 0.1) is 5.92 Å². The average molecular weight is 603 g/mol. The summed E-state index contributed by atoms with van der Waals surface area (Å²) >= 11 is 6.03. The van der Waals surface area contributed by atoms with Crippen molar-refractivity contribution < 1.29 is 32.2 Å². The molecule has 0 spiro atoms. The second kappa shape index (κ2) is 12.7. The van der Waals surface area contributed by atoms with Gasteiger partial charge in [0.1, 0.15) is 11.8 Å². The maximum atomic E-state index is 13.6. The maximum absolute atomic E-state index is 13.6. The Bertz CT molecular complexity index is 1430. The van der Waals surface area contributed by atoms with Gasteiger partial charge in [-0.15, -0.1) is 10.2 Å². The van der Waals surface area contributed by atoms with Gasteiger partial charge in [0.15, 0.2) is 5.69 Å². The number of amides is 2. The van der Waals surface area contributed by atoms with Crippen LogP contribution in [0.3, 0.4) is 0 Å². The first kappa shape index (κ1) is 29.3. The van der Waals surface area contributed by atoms with Crippen LogP contribution in [-0.2, 0) is 27.0 Å². The lowest BCUT2D eigenvalue weighted by atomic mass is 9.99. The van der Waals surface area contributed by atoms with E-state index in [0.717, 1.165) is 17.7 Å². The third kappa shape index (κ3) is 7.34. The van der Waals surface area contributed by atoms with Gasteiger partial charge in [-0.2, -0.15) is 13.2 Å². The number of aliphatic imine (C=N–C) groups is 1. The third-order valence-corrected chi connectivity index (χ3v) is 6.92. The van der Waals surface area contributed by atoms with Crippen LogP contribution in [0.5, 0.6) is 11.6 Å². The molecule has 2 aliphatic heterocycles. The number of carbonyl (C=O) groups is 2. The molecule has 1 atom stereocenters. The number of aromatic nitrogens is 2. The average Bonchev–Trinajstić information content (AvgIpc) is 2.98. The smallest absolute Gasteiger partial charge is 0.435 e. The van der Waals surface area contributed by atoms with Gasteiger partial charge in [0.2, 0.25) is 17.7 Å². The Kier molecular flexibility index (Phi) is 8.88. The van der Waals surface area contributed by atoms with E-state index in [1.54, 1.807) is 48.5 Å². The van der Waals surface area contributed by atoms with Crippen LogP contribution < -0.4 is 15.4 Å². The van der Waals surface area contributed by atoms with Crippen molar-refractivity contribution in [2.75, 3.05) is 25.1 Å². The fraction of sp³-hybridized carbons (Fsp3) is 0.321. The summed E-state index contributed by atoms with van der Waals surface area (Å²) in [6.45, 7) is 1.25. The summed E-state index contributed by atoms with van der Waals surface area (Å²) in [6.07, 6.45) is -3.40. The monoisotopic (exact) mass is 602 g/mol. The first-order chi connectivity index (χ1) is 20.2. The number of nitrogens with one attached hydrogen (secondary N) is 2. The van der Waals surface area contributed by atoms with E-state index < -0.39 is 17.9 Å². The minimum absolute atomic E-state index is 0.0566. The normalized spacial score (nSPS) is 17.9. The lowest BCUT2D eigenvalue weighted by Gasteiger charge is -2.33. The molecule has 1 aromatic heterocycles. The number of alkyl halides is 3. The first-order valence-electron chi connectivity index (χ1n) is 13.1. The molecule has 2 amide bonds. The van der Waals surface area contributed by atoms with Crippen molar-refractivity contribution in [3.63, 3.8) is 0 Å². The minimum Gasteiger partial charge on any atom is -0.438 e. The van der Waals surface area contributed by atoms with Gasteiger partial charge in [0, 0.05) is 35.9 Å². The molecule has 2 N–H and O–H groups in total. The van der Waals surface area contributed by atoms with E-state index in [4.69, 9.17) is 21.1 Å². The van der Waals surface area contributed by atoms with Gasteiger partial charge in [-0.25, -0.2) is 4.99 Å². The first-order valence-corrected chi connectivity index (χ1v) is 13.5. The standard InChI is InChI=1S/C28H26ClF3N6O4/c29-19-3-1-17(2-4-19)16-38-26(40)22(35-25(39)18-11-13-41-14-12-18)15-33-27(38)34-20-5-7-21(8-6-20)42-24-10-9-23(36-37-24)28(30,31)32/h1-10,18,22H,11-16H2,(H,33,34)(H,35,39). The van der Waals surface area contributed by atoms with Crippen molar-refractivity contribution >= 4 is 35.1 Å². The molecule has 2 aromatic carbocycles. The Hall–Kier alpha value is -4.23. The van der Waals surface area contributed by atoms with Crippen molar-refractivity contribution in [2.45, 2.75) is 31.6 Å². The molecule has 1 unspecified atom stereocenters. The number of anilines is 1. The molecule has 0 radical (unpaired) electrons. The Labute approximate surface area is 243 Å². The molecule has 3 heterocycles. The number of rotatable bonds is 7. The molecular formula is C28H26ClF3N6O4. The summed E-state index contributed by atoms with van der Waals surface area (Å²) in [6, 6.07) is 14.5. The van der Waals surface area contributed by atoms with Crippen LogP contribution >= 0.6 is 11.6 Å². The number of hydrogen-bond acceptors (Lipinski definition) is 8. The summed E-state index contributed by atoms with van der Waals surface area (Å²) in [4.78, 5) is 32.5. The molecule has 3 aromatic rings. The molecule has 0 saturated carbocycles. The summed E-state index contributed by atoms with van der Waals surface area (Å²) in [5.74, 6) is -0.228. The maximum Gasteiger partial charge on any atom is 0.435 e. The summed E-state index contributed by atoms with van der Waals surface area (Å²) in [5, 5.41) is 13.2. The quantitative estimate of drug-likeness (QED) is 0.404. The highest BCUT2D eigenvalue weighted by atomic mass is 35.5. The van der Waals surface area contributed by atoms with E-state index in [0.29, 0.717) is 42.5 Å². The van der Waals surface area contributed by atoms with E-state index in [9.17, 15) is 22.8 Å². The fourth-order valence-corrected chi connectivity index (χ4v) is 4.53. The van der Waals surface area contributed by atoms with Gasteiger partial charge < -0.3 is 20.1 Å². The SMILES string of the molecule is O=C(NC1CN=C(Nc2ccc(Oc3ccc(C(F)(F)F)nn3)cc2)N(Cc2ccc(Cl)cc2)C1=O)C1CCOCC1. The number of carbonyl (C=O) groups excluding carboxylic acids is 2. The molecular weight excluding hydrogens is 577 g/mol. The van der Waals surface area contributed by atoms with E-state index in [2.05, 4.69) is 25.8 Å². The fourth-order valence-electron chi connectivity index (χ4n) is 4.40. The highest BCUT2D eigenvalue weighted by Crippen LogP contribution is 2.29. The van der Waals surface area contributed by atoms with Crippen molar-refractivity contribution in [1.82, 2.24) is 20.4 Å². The molecule has 42 heavy (non-hydrogen) atoms. The van der Waals surface area contributed by atoms with E-state index >= 15 is 0 Å². The molecule has 1 saturated heterocycles. The zero-order chi connectivity index (χ0) is 29.7. The largest absolute Gasteiger partial charge is 0.438 e. The molecule has 5 rings (SSSR count).